The van der Waals surface area contributed by atoms with Gasteiger partial charge in [-0.3, -0.25) is 0 Å². The number of allylic oxidation sites excluding steroid dienone is 4. The van der Waals surface area contributed by atoms with Gasteiger partial charge in [0.1, 0.15) is 0 Å². The fraction of sp³-hybridized carbons (Fsp3) is 0.429. The molecular weight excluding hydrogens is 248 g/mol. The molecule has 0 aromatic rings. The minimum atomic E-state index is -0.0243. The van der Waals surface area contributed by atoms with Crippen LogP contribution in [0.3, 0.4) is 0 Å². The van der Waals surface area contributed by atoms with Crippen molar-refractivity contribution < 1.29 is 29.4 Å². The quantitative estimate of drug-likeness (QED) is 0.565. The van der Waals surface area contributed by atoms with Crippen LogP contribution in [-0.4, -0.2) is 13.2 Å². The second-order valence-corrected chi connectivity index (χ2v) is 4.92. The van der Waals surface area contributed by atoms with Crippen molar-refractivity contribution in [2.45, 2.75) is 24.5 Å². The molecule has 0 N–H and O–H groups in total. The van der Waals surface area contributed by atoms with E-state index in [2.05, 4.69) is 36.6 Å². The first-order valence-electron chi connectivity index (χ1n) is 5.68. The molecule has 0 aromatic heterocycles. The first kappa shape index (κ1) is 18.9. The van der Waals surface area contributed by atoms with Crippen molar-refractivity contribution in [3.63, 3.8) is 0 Å². The second-order valence-electron chi connectivity index (χ2n) is 3.14. The summed E-state index contributed by atoms with van der Waals surface area (Å²) >= 11 is 0.292. The van der Waals surface area contributed by atoms with Crippen LogP contribution in [0.15, 0.2) is 47.4 Å². The molecule has 1 aliphatic rings. The predicted molar refractivity (Wildman–Crippen MR) is 67.1 cm³/mol. The van der Waals surface area contributed by atoms with Crippen molar-refractivity contribution in [3.8, 4) is 0 Å². The van der Waals surface area contributed by atoms with Gasteiger partial charge in [0.15, 0.2) is 0 Å². The van der Waals surface area contributed by atoms with Crippen molar-refractivity contribution in [2.75, 3.05) is 13.2 Å². The number of rotatable bonds is 5. The molecule has 0 saturated heterocycles. The van der Waals surface area contributed by atoms with Gasteiger partial charge >= 0.3 is 52.9 Å². The molecule has 1 rings (SSSR count). The Balaban J connectivity index is 0. The maximum atomic E-state index is 9.46. The van der Waals surface area contributed by atoms with Gasteiger partial charge in [0.25, 0.3) is 0 Å². The first-order chi connectivity index (χ1) is 8.26. The summed E-state index contributed by atoms with van der Waals surface area (Å²) in [5.41, 5.74) is 0. The fourth-order valence-electron chi connectivity index (χ4n) is 0.799. The van der Waals surface area contributed by atoms with E-state index in [9.17, 15) is 10.2 Å². The zero-order chi connectivity index (χ0) is 13.4. The summed E-state index contributed by atoms with van der Waals surface area (Å²) in [6.07, 6.45) is 12.3. The van der Waals surface area contributed by atoms with Gasteiger partial charge in [-0.05, 0) is 0 Å². The van der Waals surface area contributed by atoms with Gasteiger partial charge in [-0.25, -0.2) is 0 Å². The van der Waals surface area contributed by atoms with Crippen LogP contribution in [0.1, 0.15) is 19.3 Å². The zero-order valence-corrected chi connectivity index (χ0v) is 12.2. The van der Waals surface area contributed by atoms with E-state index >= 15 is 0 Å². The summed E-state index contributed by atoms with van der Waals surface area (Å²) in [6, 6.07) is 0. The summed E-state index contributed by atoms with van der Waals surface area (Å²) in [5.74, 6) is 0. The van der Waals surface area contributed by atoms with Crippen LogP contribution >= 0.6 is 0 Å². The Labute approximate surface area is 114 Å². The van der Waals surface area contributed by atoms with Gasteiger partial charge in [-0.1, -0.05) is 25.0 Å². The molecule has 0 spiro atoms. The molecule has 0 atom stereocenters. The van der Waals surface area contributed by atoms with Crippen LogP contribution in [0.25, 0.3) is 0 Å². The second kappa shape index (κ2) is 18.0. The molecule has 1 aliphatic carbocycles. The molecule has 0 fully saturated rings. The van der Waals surface area contributed by atoms with Crippen molar-refractivity contribution in [2.24, 2.45) is 0 Å². The van der Waals surface area contributed by atoms with Gasteiger partial charge in [0, 0.05) is 0 Å². The zero-order valence-electron chi connectivity index (χ0n) is 10.7. The molecule has 0 aliphatic heterocycles. The van der Waals surface area contributed by atoms with Gasteiger partial charge in [0.05, 0.1) is 0 Å². The minimum absolute atomic E-state index is 0.0243. The third-order valence-corrected chi connectivity index (χ3v) is 3.32. The molecule has 3 heteroatoms. The van der Waals surface area contributed by atoms with Crippen molar-refractivity contribution in [1.82, 2.24) is 0 Å². The van der Waals surface area contributed by atoms with Crippen LogP contribution in [0.2, 0.25) is 5.23 Å². The molecule has 2 nitrogen and oxygen atoms in total. The van der Waals surface area contributed by atoms with Gasteiger partial charge in [-0.2, -0.15) is 0 Å². The van der Waals surface area contributed by atoms with E-state index in [1.807, 2.05) is 0 Å². The number of hydrogen-bond donors (Lipinski definition) is 0. The van der Waals surface area contributed by atoms with Crippen LogP contribution in [0, 0.1) is 0 Å². The molecule has 0 radical (unpaired) electrons. The average Bonchev–Trinajstić information content (AvgIpc) is 2.85. The maximum absolute atomic E-state index is 9.46. The van der Waals surface area contributed by atoms with Gasteiger partial charge in [-0.15, -0.1) is 26.4 Å². The molecule has 0 bridgehead atoms. The Morgan fingerprint density at radius 1 is 1.24 bits per heavy atom. The Hall–Kier alpha value is -0.406. The molecular formula is C14H22O2Ti. The third kappa shape index (κ3) is 18.2. The van der Waals surface area contributed by atoms with Crippen LogP contribution in [0.4, 0.5) is 0 Å². The van der Waals surface area contributed by atoms with Crippen molar-refractivity contribution in [3.05, 3.63) is 47.4 Å². The van der Waals surface area contributed by atoms with Crippen LogP contribution < -0.4 is 10.2 Å². The van der Waals surface area contributed by atoms with E-state index < -0.39 is 0 Å². The summed E-state index contributed by atoms with van der Waals surface area (Å²) in [5, 5.41) is 21.2. The van der Waals surface area contributed by atoms with E-state index in [0.717, 1.165) is 0 Å². The Bertz CT molecular complexity index is 222. The summed E-state index contributed by atoms with van der Waals surface area (Å²) in [4.78, 5) is 0. The van der Waals surface area contributed by atoms with E-state index in [-0.39, 0.29) is 13.2 Å². The van der Waals surface area contributed by atoms with Crippen molar-refractivity contribution in [1.29, 1.82) is 0 Å². The Morgan fingerprint density at radius 2 is 1.76 bits per heavy atom. The van der Waals surface area contributed by atoms with E-state index in [4.69, 9.17) is 0 Å². The standard InChI is InChI=1S/C5H5.2C4H7O.CH3.Ti/c1-2-4-5-3-1;2*1-2-3-4-5;;/h1-3H,4H2;2*2H,1,3-4H2;1H3;/q;2*-1;;+2. The third-order valence-electron chi connectivity index (χ3n) is 1.74. The molecule has 0 aromatic carbocycles. The summed E-state index contributed by atoms with van der Waals surface area (Å²) in [6.45, 7) is 6.65. The molecule has 0 saturated carbocycles. The molecule has 0 heterocycles. The number of hydrogen-bond acceptors (Lipinski definition) is 2. The van der Waals surface area contributed by atoms with E-state index in [0.29, 0.717) is 32.0 Å². The van der Waals surface area contributed by atoms with Crippen LogP contribution in [-0.2, 0) is 19.2 Å². The monoisotopic (exact) mass is 270 g/mol. The molecule has 0 amide bonds. The predicted octanol–water partition coefficient (Wildman–Crippen LogP) is 1.81. The van der Waals surface area contributed by atoms with Crippen LogP contribution in [0.5, 0.6) is 0 Å². The normalized spacial score (nSPS) is 11.1. The fourth-order valence-corrected chi connectivity index (χ4v) is 1.71. The molecule has 94 valence electrons. The topological polar surface area (TPSA) is 46.1 Å². The summed E-state index contributed by atoms with van der Waals surface area (Å²) < 4.78 is 1.68. The average molecular weight is 270 g/mol. The Morgan fingerprint density at radius 3 is 1.88 bits per heavy atom. The molecule has 17 heavy (non-hydrogen) atoms. The van der Waals surface area contributed by atoms with E-state index in [1.165, 1.54) is 6.42 Å². The Kier molecular flexibility index (Phi) is 20.0. The van der Waals surface area contributed by atoms with Crippen molar-refractivity contribution >= 4 is 0 Å². The SMILES string of the molecule is C=CCC[O-].C=CCC[O-].[CH3][Ti+2][C]1=CC=CC1. The first-order valence-corrected chi connectivity index (χ1v) is 8.02. The van der Waals surface area contributed by atoms with Gasteiger partial charge in [0.2, 0.25) is 0 Å². The van der Waals surface area contributed by atoms with E-state index in [1.54, 1.807) is 16.0 Å². The summed E-state index contributed by atoms with van der Waals surface area (Å²) in [7, 11) is 0. The van der Waals surface area contributed by atoms with Gasteiger partial charge < -0.3 is 10.2 Å². The molecule has 0 unspecified atom stereocenters.